The van der Waals surface area contributed by atoms with E-state index in [-0.39, 0.29) is 5.91 Å². The lowest BCUT2D eigenvalue weighted by molar-refractivity contribution is 0.102. The fourth-order valence-electron chi connectivity index (χ4n) is 2.87. The molecule has 0 aliphatic rings. The van der Waals surface area contributed by atoms with Gasteiger partial charge in [-0.1, -0.05) is 12.1 Å². The zero-order chi connectivity index (χ0) is 20.8. The van der Waals surface area contributed by atoms with Crippen LogP contribution in [0.1, 0.15) is 27.2 Å². The number of pyridine rings is 1. The van der Waals surface area contributed by atoms with Crippen molar-refractivity contribution in [3.05, 3.63) is 77.1 Å². The Kier molecular flexibility index (Phi) is 6.34. The van der Waals surface area contributed by atoms with Crippen molar-refractivity contribution in [3.8, 4) is 11.5 Å². The third kappa shape index (κ3) is 5.04. The molecule has 29 heavy (non-hydrogen) atoms. The summed E-state index contributed by atoms with van der Waals surface area (Å²) in [6.45, 7) is 4.63. The van der Waals surface area contributed by atoms with E-state index in [4.69, 9.17) is 9.47 Å². The lowest BCUT2D eigenvalue weighted by Crippen LogP contribution is -2.14. The number of ether oxygens (including phenoxy) is 2. The van der Waals surface area contributed by atoms with Crippen molar-refractivity contribution in [2.45, 2.75) is 20.4 Å². The van der Waals surface area contributed by atoms with Gasteiger partial charge in [0.25, 0.3) is 5.91 Å². The number of aromatic nitrogens is 1. The van der Waals surface area contributed by atoms with E-state index in [0.29, 0.717) is 23.7 Å². The number of carbonyl (C=O) groups excluding carboxylic acids is 1. The van der Waals surface area contributed by atoms with Crippen LogP contribution in [0.15, 0.2) is 54.7 Å². The number of aryl methyl sites for hydroxylation is 2. The summed E-state index contributed by atoms with van der Waals surface area (Å²) in [5, 5.41) is 6.20. The third-order valence-electron chi connectivity index (χ3n) is 4.70. The van der Waals surface area contributed by atoms with Crippen molar-refractivity contribution in [2.75, 3.05) is 24.9 Å². The number of anilines is 2. The second-order valence-corrected chi connectivity index (χ2v) is 6.73. The maximum absolute atomic E-state index is 12.6. The number of hydrogen-bond donors (Lipinski definition) is 2. The van der Waals surface area contributed by atoms with Crippen LogP contribution in [-0.2, 0) is 6.54 Å². The lowest BCUT2D eigenvalue weighted by atomic mass is 10.1. The van der Waals surface area contributed by atoms with Crippen molar-refractivity contribution in [3.63, 3.8) is 0 Å². The lowest BCUT2D eigenvalue weighted by Gasteiger charge is -2.12. The van der Waals surface area contributed by atoms with Gasteiger partial charge in [0.1, 0.15) is 5.69 Å². The average molecular weight is 391 g/mol. The van der Waals surface area contributed by atoms with Crippen LogP contribution < -0.4 is 20.1 Å². The SMILES string of the molecule is COc1ccc(CNc2ccnc(C(=O)Nc3ccc(C)c(C)c3)c2)cc1OC. The molecule has 0 aliphatic heterocycles. The summed E-state index contributed by atoms with van der Waals surface area (Å²) in [7, 11) is 3.22. The first-order chi connectivity index (χ1) is 14.0. The van der Waals surface area contributed by atoms with Crippen LogP contribution in [-0.4, -0.2) is 25.1 Å². The molecule has 0 spiro atoms. The van der Waals surface area contributed by atoms with Crippen LogP contribution in [0, 0.1) is 13.8 Å². The van der Waals surface area contributed by atoms with Crippen molar-refractivity contribution < 1.29 is 14.3 Å². The van der Waals surface area contributed by atoms with E-state index < -0.39 is 0 Å². The molecule has 0 atom stereocenters. The van der Waals surface area contributed by atoms with E-state index in [1.54, 1.807) is 26.5 Å². The van der Waals surface area contributed by atoms with Crippen molar-refractivity contribution >= 4 is 17.3 Å². The monoisotopic (exact) mass is 391 g/mol. The van der Waals surface area contributed by atoms with Crippen molar-refractivity contribution in [1.29, 1.82) is 0 Å². The summed E-state index contributed by atoms with van der Waals surface area (Å²) in [6, 6.07) is 15.1. The molecule has 3 aromatic rings. The Morgan fingerprint density at radius 1 is 0.897 bits per heavy atom. The van der Waals surface area contributed by atoms with Crippen LogP contribution in [0.5, 0.6) is 11.5 Å². The molecule has 0 unspecified atom stereocenters. The van der Waals surface area contributed by atoms with Crippen LogP contribution in [0.25, 0.3) is 0 Å². The molecule has 0 saturated heterocycles. The molecule has 0 radical (unpaired) electrons. The average Bonchev–Trinajstić information content (AvgIpc) is 2.74. The minimum absolute atomic E-state index is 0.247. The van der Waals surface area contributed by atoms with Crippen LogP contribution in [0.4, 0.5) is 11.4 Å². The van der Waals surface area contributed by atoms with E-state index in [0.717, 1.165) is 22.5 Å². The predicted octanol–water partition coefficient (Wildman–Crippen LogP) is 4.58. The Hall–Kier alpha value is -3.54. The van der Waals surface area contributed by atoms with Gasteiger partial charge in [0.15, 0.2) is 11.5 Å². The van der Waals surface area contributed by atoms with Gasteiger partial charge in [0.2, 0.25) is 0 Å². The Bertz CT molecular complexity index is 1020. The molecule has 0 aliphatic carbocycles. The summed E-state index contributed by atoms with van der Waals surface area (Å²) < 4.78 is 10.6. The van der Waals surface area contributed by atoms with Gasteiger partial charge in [-0.3, -0.25) is 9.78 Å². The molecule has 3 rings (SSSR count). The van der Waals surface area contributed by atoms with Crippen LogP contribution in [0.2, 0.25) is 0 Å². The molecule has 1 heterocycles. The molecule has 0 bridgehead atoms. The topological polar surface area (TPSA) is 72.5 Å². The maximum atomic E-state index is 12.6. The quantitative estimate of drug-likeness (QED) is 0.617. The van der Waals surface area contributed by atoms with Gasteiger partial charge in [0, 0.05) is 24.1 Å². The third-order valence-corrected chi connectivity index (χ3v) is 4.70. The second-order valence-electron chi connectivity index (χ2n) is 6.73. The molecule has 0 fully saturated rings. The molecule has 2 N–H and O–H groups in total. The van der Waals surface area contributed by atoms with Crippen molar-refractivity contribution in [1.82, 2.24) is 4.98 Å². The van der Waals surface area contributed by atoms with Gasteiger partial charge in [-0.05, 0) is 66.9 Å². The molecule has 1 aromatic heterocycles. The van der Waals surface area contributed by atoms with E-state index in [1.807, 2.05) is 56.3 Å². The van der Waals surface area contributed by atoms with E-state index in [9.17, 15) is 4.79 Å². The number of methoxy groups -OCH3 is 2. The Balaban J connectivity index is 1.67. The zero-order valence-electron chi connectivity index (χ0n) is 17.1. The number of hydrogen-bond acceptors (Lipinski definition) is 5. The Morgan fingerprint density at radius 2 is 1.69 bits per heavy atom. The molecule has 150 valence electrons. The first-order valence-corrected chi connectivity index (χ1v) is 9.29. The second kappa shape index (κ2) is 9.10. The van der Waals surface area contributed by atoms with Gasteiger partial charge in [-0.2, -0.15) is 0 Å². The molecule has 6 heteroatoms. The summed E-state index contributed by atoms with van der Waals surface area (Å²) in [5.74, 6) is 1.11. The zero-order valence-corrected chi connectivity index (χ0v) is 17.1. The van der Waals surface area contributed by atoms with Gasteiger partial charge in [0.05, 0.1) is 14.2 Å². The molecule has 2 aromatic carbocycles. The molecule has 6 nitrogen and oxygen atoms in total. The first kappa shape index (κ1) is 20.2. The minimum atomic E-state index is -0.247. The number of carbonyl (C=O) groups is 1. The highest BCUT2D eigenvalue weighted by atomic mass is 16.5. The number of amides is 1. The largest absolute Gasteiger partial charge is 0.493 e. The highest BCUT2D eigenvalue weighted by Crippen LogP contribution is 2.27. The van der Waals surface area contributed by atoms with Gasteiger partial charge in [-0.25, -0.2) is 0 Å². The number of nitrogens with zero attached hydrogens (tertiary/aromatic N) is 1. The van der Waals surface area contributed by atoms with Gasteiger partial charge < -0.3 is 20.1 Å². The standard InChI is InChI=1S/C23H25N3O3/c1-15-5-7-19(11-16(15)2)26-23(27)20-13-18(9-10-24-20)25-14-17-6-8-21(28-3)22(12-17)29-4/h5-13H,14H2,1-4H3,(H,24,25)(H,26,27). The normalized spacial score (nSPS) is 10.3. The molecule has 0 saturated carbocycles. The highest BCUT2D eigenvalue weighted by molar-refractivity contribution is 6.03. The number of benzene rings is 2. The van der Waals surface area contributed by atoms with Gasteiger partial charge in [-0.15, -0.1) is 0 Å². The fraction of sp³-hybridized carbons (Fsp3) is 0.217. The number of nitrogens with one attached hydrogen (secondary N) is 2. The molecular weight excluding hydrogens is 366 g/mol. The Morgan fingerprint density at radius 3 is 2.41 bits per heavy atom. The number of rotatable bonds is 7. The highest BCUT2D eigenvalue weighted by Gasteiger charge is 2.10. The first-order valence-electron chi connectivity index (χ1n) is 9.29. The maximum Gasteiger partial charge on any atom is 0.274 e. The molecular formula is C23H25N3O3. The summed E-state index contributed by atoms with van der Waals surface area (Å²) in [5.41, 5.74) is 5.24. The Labute approximate surface area is 170 Å². The van der Waals surface area contributed by atoms with Crippen LogP contribution >= 0.6 is 0 Å². The van der Waals surface area contributed by atoms with Gasteiger partial charge >= 0.3 is 0 Å². The molecule has 1 amide bonds. The summed E-state index contributed by atoms with van der Waals surface area (Å²) in [6.07, 6.45) is 1.62. The summed E-state index contributed by atoms with van der Waals surface area (Å²) in [4.78, 5) is 16.8. The van der Waals surface area contributed by atoms with E-state index in [2.05, 4.69) is 15.6 Å². The van der Waals surface area contributed by atoms with E-state index >= 15 is 0 Å². The van der Waals surface area contributed by atoms with E-state index in [1.165, 1.54) is 5.56 Å². The smallest absolute Gasteiger partial charge is 0.274 e. The minimum Gasteiger partial charge on any atom is -0.493 e. The van der Waals surface area contributed by atoms with Crippen LogP contribution in [0.3, 0.4) is 0 Å². The van der Waals surface area contributed by atoms with Crippen molar-refractivity contribution in [2.24, 2.45) is 0 Å². The fourth-order valence-corrected chi connectivity index (χ4v) is 2.87. The summed E-state index contributed by atoms with van der Waals surface area (Å²) >= 11 is 0. The predicted molar refractivity (Wildman–Crippen MR) is 115 cm³/mol.